The molecule has 8 heteroatoms. The average Bonchev–Trinajstić information content (AvgIpc) is 2.81. The number of carbonyl (C=O) groups is 3. The molecule has 0 aliphatic heterocycles. The van der Waals surface area contributed by atoms with Gasteiger partial charge in [-0.1, -0.05) is 43.7 Å². The molecule has 0 saturated heterocycles. The highest BCUT2D eigenvalue weighted by Gasteiger charge is 2.15. The SMILES string of the molecule is CCCCn1c(=O)c(CCC(=O)OCC(=O)NC(=O)c2ccccc2)nc2ccccc21. The molecule has 0 aliphatic rings. The lowest BCUT2D eigenvalue weighted by atomic mass is 10.2. The predicted molar refractivity (Wildman–Crippen MR) is 119 cm³/mol. The molecular weight excluding hydrogens is 410 g/mol. The van der Waals surface area contributed by atoms with Gasteiger partial charge in [0.15, 0.2) is 6.61 Å². The van der Waals surface area contributed by atoms with Crippen molar-refractivity contribution in [3.63, 3.8) is 0 Å². The summed E-state index contributed by atoms with van der Waals surface area (Å²) in [6, 6.07) is 15.6. The molecule has 1 N–H and O–H groups in total. The van der Waals surface area contributed by atoms with Crippen LogP contribution in [-0.4, -0.2) is 33.9 Å². The number of ether oxygens (including phenoxy) is 1. The van der Waals surface area contributed by atoms with Crippen LogP contribution in [0.5, 0.6) is 0 Å². The van der Waals surface area contributed by atoms with Crippen LogP contribution in [0.15, 0.2) is 59.4 Å². The zero-order valence-electron chi connectivity index (χ0n) is 17.9. The van der Waals surface area contributed by atoms with Crippen molar-refractivity contribution in [2.45, 2.75) is 39.2 Å². The van der Waals surface area contributed by atoms with Gasteiger partial charge in [-0.25, -0.2) is 4.98 Å². The standard InChI is InChI=1S/C24H25N3O5/c1-2-3-15-27-20-12-8-7-11-18(20)25-19(24(27)31)13-14-22(29)32-16-21(28)26-23(30)17-9-5-4-6-10-17/h4-12H,2-3,13-16H2,1H3,(H,26,28,30). The summed E-state index contributed by atoms with van der Waals surface area (Å²) < 4.78 is 6.63. The minimum Gasteiger partial charge on any atom is -0.456 e. The lowest BCUT2D eigenvalue weighted by Gasteiger charge is -2.12. The number of rotatable bonds is 9. The van der Waals surface area contributed by atoms with Gasteiger partial charge in [0.25, 0.3) is 17.4 Å². The fraction of sp³-hybridized carbons (Fsp3) is 0.292. The maximum absolute atomic E-state index is 12.9. The Morgan fingerprint density at radius 3 is 2.50 bits per heavy atom. The Bertz CT molecular complexity index is 1170. The normalized spacial score (nSPS) is 10.7. The second-order valence-corrected chi connectivity index (χ2v) is 7.26. The molecule has 32 heavy (non-hydrogen) atoms. The molecule has 1 aromatic heterocycles. The third kappa shape index (κ3) is 5.87. The molecule has 8 nitrogen and oxygen atoms in total. The first kappa shape index (κ1) is 22.9. The van der Waals surface area contributed by atoms with E-state index < -0.39 is 24.4 Å². The van der Waals surface area contributed by atoms with Crippen molar-refractivity contribution in [1.29, 1.82) is 0 Å². The molecule has 2 aromatic carbocycles. The van der Waals surface area contributed by atoms with Crippen LogP contribution in [0, 0.1) is 0 Å². The van der Waals surface area contributed by atoms with E-state index in [4.69, 9.17) is 4.74 Å². The molecule has 0 fully saturated rings. The molecule has 0 bridgehead atoms. The number of aromatic nitrogens is 2. The molecule has 0 saturated carbocycles. The maximum Gasteiger partial charge on any atom is 0.306 e. The summed E-state index contributed by atoms with van der Waals surface area (Å²) in [7, 11) is 0. The molecule has 0 radical (unpaired) electrons. The average molecular weight is 435 g/mol. The summed E-state index contributed by atoms with van der Waals surface area (Å²) in [6.45, 7) is 2.05. The number of unbranched alkanes of at least 4 members (excludes halogenated alkanes) is 1. The van der Waals surface area contributed by atoms with E-state index in [1.807, 2.05) is 24.3 Å². The second-order valence-electron chi connectivity index (χ2n) is 7.26. The number of aryl methyl sites for hydroxylation is 2. The number of nitrogens with zero attached hydrogens (tertiary/aromatic N) is 2. The lowest BCUT2D eigenvalue weighted by molar-refractivity contribution is -0.148. The van der Waals surface area contributed by atoms with E-state index in [9.17, 15) is 19.2 Å². The van der Waals surface area contributed by atoms with Gasteiger partial charge < -0.3 is 9.30 Å². The molecule has 0 atom stereocenters. The first-order chi connectivity index (χ1) is 15.5. The predicted octanol–water partition coefficient (Wildman–Crippen LogP) is 2.63. The number of benzene rings is 2. The highest BCUT2D eigenvalue weighted by atomic mass is 16.5. The van der Waals surface area contributed by atoms with E-state index in [0.29, 0.717) is 17.6 Å². The molecule has 1 heterocycles. The number of hydrogen-bond donors (Lipinski definition) is 1. The van der Waals surface area contributed by atoms with Crippen molar-refractivity contribution in [1.82, 2.24) is 14.9 Å². The minimum absolute atomic E-state index is 0.0964. The monoisotopic (exact) mass is 435 g/mol. The Kier molecular flexibility index (Phi) is 7.85. The van der Waals surface area contributed by atoms with Crippen molar-refractivity contribution < 1.29 is 19.1 Å². The summed E-state index contributed by atoms with van der Waals surface area (Å²) in [4.78, 5) is 53.2. The number of nitrogens with one attached hydrogen (secondary N) is 1. The van der Waals surface area contributed by atoms with Gasteiger partial charge >= 0.3 is 5.97 Å². The number of imide groups is 1. The highest BCUT2D eigenvalue weighted by molar-refractivity contribution is 6.05. The summed E-state index contributed by atoms with van der Waals surface area (Å²) in [5, 5.41) is 2.16. The van der Waals surface area contributed by atoms with E-state index in [1.54, 1.807) is 34.9 Å². The zero-order valence-corrected chi connectivity index (χ0v) is 17.9. The van der Waals surface area contributed by atoms with E-state index in [-0.39, 0.29) is 24.1 Å². The lowest BCUT2D eigenvalue weighted by Crippen LogP contribution is -2.34. The van der Waals surface area contributed by atoms with Crippen LogP contribution in [0.25, 0.3) is 11.0 Å². The second kappa shape index (κ2) is 11.0. The van der Waals surface area contributed by atoms with Gasteiger partial charge in [-0.05, 0) is 30.7 Å². The van der Waals surface area contributed by atoms with Crippen molar-refractivity contribution in [2.24, 2.45) is 0 Å². The van der Waals surface area contributed by atoms with Crippen molar-refractivity contribution in [3.05, 3.63) is 76.2 Å². The van der Waals surface area contributed by atoms with Gasteiger partial charge in [0, 0.05) is 18.5 Å². The first-order valence-corrected chi connectivity index (χ1v) is 10.5. The van der Waals surface area contributed by atoms with Crippen LogP contribution in [-0.2, 0) is 27.3 Å². The van der Waals surface area contributed by atoms with Crippen LogP contribution in [0.4, 0.5) is 0 Å². The van der Waals surface area contributed by atoms with Crippen molar-refractivity contribution in [3.8, 4) is 0 Å². The van der Waals surface area contributed by atoms with Gasteiger partial charge in [-0.15, -0.1) is 0 Å². The topological polar surface area (TPSA) is 107 Å². The number of para-hydroxylation sites is 2. The number of carbonyl (C=O) groups excluding carboxylic acids is 3. The molecule has 0 aliphatic carbocycles. The van der Waals surface area contributed by atoms with Crippen LogP contribution >= 0.6 is 0 Å². The van der Waals surface area contributed by atoms with Crippen LogP contribution in [0.2, 0.25) is 0 Å². The number of esters is 1. The molecular formula is C24H25N3O5. The van der Waals surface area contributed by atoms with Gasteiger partial charge in [0.2, 0.25) is 0 Å². The van der Waals surface area contributed by atoms with Gasteiger partial charge in [0.1, 0.15) is 5.69 Å². The van der Waals surface area contributed by atoms with Crippen LogP contribution in [0.1, 0.15) is 42.2 Å². The number of amides is 2. The summed E-state index contributed by atoms with van der Waals surface area (Å²) in [6.07, 6.45) is 1.79. The quantitative estimate of drug-likeness (QED) is 0.518. The van der Waals surface area contributed by atoms with Crippen molar-refractivity contribution >= 4 is 28.8 Å². The molecule has 166 valence electrons. The molecule has 0 spiro atoms. The van der Waals surface area contributed by atoms with E-state index in [0.717, 1.165) is 18.4 Å². The number of hydrogen-bond acceptors (Lipinski definition) is 6. The fourth-order valence-corrected chi connectivity index (χ4v) is 3.21. The fourth-order valence-electron chi connectivity index (χ4n) is 3.21. The van der Waals surface area contributed by atoms with Gasteiger partial charge in [-0.2, -0.15) is 0 Å². The van der Waals surface area contributed by atoms with Crippen LogP contribution < -0.4 is 10.9 Å². The van der Waals surface area contributed by atoms with Crippen molar-refractivity contribution in [2.75, 3.05) is 6.61 Å². The smallest absolute Gasteiger partial charge is 0.306 e. The zero-order chi connectivity index (χ0) is 22.9. The highest BCUT2D eigenvalue weighted by Crippen LogP contribution is 2.12. The third-order valence-electron chi connectivity index (χ3n) is 4.87. The first-order valence-electron chi connectivity index (χ1n) is 10.5. The summed E-state index contributed by atoms with van der Waals surface area (Å²) >= 11 is 0. The summed E-state index contributed by atoms with van der Waals surface area (Å²) in [5.74, 6) is -1.95. The summed E-state index contributed by atoms with van der Waals surface area (Å²) in [5.41, 5.74) is 1.83. The minimum atomic E-state index is -0.724. The molecule has 0 unspecified atom stereocenters. The van der Waals surface area contributed by atoms with Crippen LogP contribution in [0.3, 0.4) is 0 Å². The third-order valence-corrected chi connectivity index (χ3v) is 4.87. The Labute approximate surface area is 185 Å². The van der Waals surface area contributed by atoms with E-state index in [1.165, 1.54) is 0 Å². The Balaban J connectivity index is 1.57. The maximum atomic E-state index is 12.9. The molecule has 2 amide bonds. The largest absolute Gasteiger partial charge is 0.456 e. The Morgan fingerprint density at radius 1 is 1.03 bits per heavy atom. The van der Waals surface area contributed by atoms with E-state index in [2.05, 4.69) is 17.2 Å². The number of fused-ring (bicyclic) bond motifs is 1. The molecule has 3 rings (SSSR count). The Hall–Kier alpha value is -3.81. The Morgan fingerprint density at radius 2 is 1.75 bits per heavy atom. The van der Waals surface area contributed by atoms with Gasteiger partial charge in [-0.3, -0.25) is 24.5 Å². The van der Waals surface area contributed by atoms with E-state index >= 15 is 0 Å². The van der Waals surface area contributed by atoms with Gasteiger partial charge in [0.05, 0.1) is 17.5 Å². The molecule has 3 aromatic rings.